The molecule has 0 amide bonds. The zero-order valence-corrected chi connectivity index (χ0v) is 34.1. The van der Waals surface area contributed by atoms with Gasteiger partial charge in [0.05, 0.1) is 11.0 Å². The molecule has 0 radical (unpaired) electrons. The summed E-state index contributed by atoms with van der Waals surface area (Å²) in [5.41, 5.74) is 14.2. The molecule has 0 aliphatic carbocycles. The van der Waals surface area contributed by atoms with Crippen molar-refractivity contribution in [1.82, 2.24) is 4.57 Å². The van der Waals surface area contributed by atoms with Gasteiger partial charge in [0, 0.05) is 59.1 Å². The Hall–Kier alpha value is -7.72. The number of fused-ring (bicyclic) bond motifs is 8. The molecule has 61 heavy (non-hydrogen) atoms. The molecule has 2 nitrogen and oxygen atoms in total. The molecular weight excluding hydrogens is 757 g/mol. The van der Waals surface area contributed by atoms with Gasteiger partial charge in [0.1, 0.15) is 0 Å². The van der Waals surface area contributed by atoms with Gasteiger partial charge in [0.2, 0.25) is 0 Å². The molecule has 0 saturated heterocycles. The normalized spacial score (nSPS) is 11.6. The molecule has 3 heteroatoms. The molecule has 0 atom stereocenters. The summed E-state index contributed by atoms with van der Waals surface area (Å²) in [4.78, 5) is 2.39. The van der Waals surface area contributed by atoms with E-state index >= 15 is 0 Å². The average molecular weight is 795 g/mol. The maximum absolute atomic E-state index is 2.44. The zero-order chi connectivity index (χ0) is 40.3. The number of para-hydroxylation sites is 1. The fourth-order valence-corrected chi connectivity index (χ4v) is 10.3. The van der Waals surface area contributed by atoms with Crippen LogP contribution in [0.2, 0.25) is 0 Å². The Kier molecular flexibility index (Phi) is 8.39. The quantitative estimate of drug-likeness (QED) is 0.156. The molecule has 2 aromatic heterocycles. The van der Waals surface area contributed by atoms with Crippen molar-refractivity contribution in [2.75, 3.05) is 4.90 Å². The Labute approximate surface area is 358 Å². The monoisotopic (exact) mass is 794 g/mol. The van der Waals surface area contributed by atoms with E-state index in [1.165, 1.54) is 86.1 Å². The summed E-state index contributed by atoms with van der Waals surface area (Å²) in [6.07, 6.45) is 0. The van der Waals surface area contributed by atoms with Crippen LogP contribution in [-0.4, -0.2) is 4.57 Å². The highest BCUT2D eigenvalue weighted by molar-refractivity contribution is 7.25. The number of hydrogen-bond acceptors (Lipinski definition) is 2. The van der Waals surface area contributed by atoms with Gasteiger partial charge in [-0.1, -0.05) is 170 Å². The molecule has 12 aromatic rings. The minimum atomic E-state index is 1.11. The van der Waals surface area contributed by atoms with Gasteiger partial charge in [0.15, 0.2) is 0 Å². The number of nitrogens with zero attached hydrogens (tertiary/aromatic N) is 2. The van der Waals surface area contributed by atoms with Crippen molar-refractivity contribution in [3.8, 4) is 39.1 Å². The maximum Gasteiger partial charge on any atom is 0.0619 e. The third-order valence-corrected chi connectivity index (χ3v) is 13.3. The first kappa shape index (κ1) is 35.2. The van der Waals surface area contributed by atoms with E-state index in [0.29, 0.717) is 0 Å². The standard InChI is InChI=1S/C58H38N2S/c1-3-11-39(12-4-1)40-19-21-41(22-20-40)42-23-29-47(30-24-42)59(49-33-36-53-52-17-9-10-18-56(52)61-57(53)38-49)48-31-25-43(26-32-48)45-28-34-51-54-35-27-44-13-7-8-16-50(44)58(54)60(55(51)37-45)46-14-5-2-6-15-46/h1-38H. The van der Waals surface area contributed by atoms with Crippen LogP contribution in [0.5, 0.6) is 0 Å². The second-order valence-corrected chi connectivity index (χ2v) is 16.8. The maximum atomic E-state index is 2.44. The Morgan fingerprint density at radius 3 is 1.51 bits per heavy atom. The largest absolute Gasteiger partial charge is 0.310 e. The van der Waals surface area contributed by atoms with E-state index in [0.717, 1.165) is 22.7 Å². The molecule has 0 N–H and O–H groups in total. The van der Waals surface area contributed by atoms with Gasteiger partial charge in [-0.25, -0.2) is 0 Å². The Balaban J connectivity index is 0.949. The van der Waals surface area contributed by atoms with Gasteiger partial charge in [-0.3, -0.25) is 0 Å². The van der Waals surface area contributed by atoms with Crippen LogP contribution in [0.3, 0.4) is 0 Å². The summed E-state index contributed by atoms with van der Waals surface area (Å²) in [6.45, 7) is 0. The highest BCUT2D eigenvalue weighted by atomic mass is 32.1. The van der Waals surface area contributed by atoms with E-state index < -0.39 is 0 Å². The minimum Gasteiger partial charge on any atom is -0.310 e. The van der Waals surface area contributed by atoms with Gasteiger partial charge >= 0.3 is 0 Å². The van der Waals surface area contributed by atoms with E-state index in [2.05, 4.69) is 240 Å². The number of benzene rings is 10. The summed E-state index contributed by atoms with van der Waals surface area (Å²) in [5.74, 6) is 0. The second-order valence-electron chi connectivity index (χ2n) is 15.7. The molecule has 0 aliphatic rings. The van der Waals surface area contributed by atoms with Crippen LogP contribution < -0.4 is 4.90 Å². The molecule has 0 bridgehead atoms. The number of hydrogen-bond donors (Lipinski definition) is 0. The zero-order valence-electron chi connectivity index (χ0n) is 33.2. The van der Waals surface area contributed by atoms with Crippen LogP contribution >= 0.6 is 11.3 Å². The van der Waals surface area contributed by atoms with Crippen LogP contribution in [-0.2, 0) is 0 Å². The molecular formula is C58H38N2S. The Bertz CT molecular complexity index is 3550. The summed E-state index contributed by atoms with van der Waals surface area (Å²) >= 11 is 1.86. The third-order valence-electron chi connectivity index (χ3n) is 12.2. The topological polar surface area (TPSA) is 8.17 Å². The van der Waals surface area contributed by atoms with Gasteiger partial charge in [-0.2, -0.15) is 0 Å². The van der Waals surface area contributed by atoms with Gasteiger partial charge < -0.3 is 9.47 Å². The molecule has 0 spiro atoms. The van der Waals surface area contributed by atoms with Crippen molar-refractivity contribution in [3.63, 3.8) is 0 Å². The van der Waals surface area contributed by atoms with Crippen molar-refractivity contribution < 1.29 is 0 Å². The predicted octanol–water partition coefficient (Wildman–Crippen LogP) is 16.8. The van der Waals surface area contributed by atoms with Crippen molar-refractivity contribution >= 4 is 81.1 Å². The van der Waals surface area contributed by atoms with Crippen molar-refractivity contribution in [3.05, 3.63) is 231 Å². The molecule has 0 aliphatic heterocycles. The molecule has 10 aromatic carbocycles. The minimum absolute atomic E-state index is 1.11. The van der Waals surface area contributed by atoms with Crippen LogP contribution in [0.1, 0.15) is 0 Å². The molecule has 286 valence electrons. The lowest BCUT2D eigenvalue weighted by Gasteiger charge is -2.26. The summed E-state index contributed by atoms with van der Waals surface area (Å²) in [5, 5.41) is 7.63. The van der Waals surface area contributed by atoms with Crippen molar-refractivity contribution in [2.24, 2.45) is 0 Å². The van der Waals surface area contributed by atoms with E-state index in [-0.39, 0.29) is 0 Å². The summed E-state index contributed by atoms with van der Waals surface area (Å²) < 4.78 is 5.04. The fourth-order valence-electron chi connectivity index (χ4n) is 9.20. The highest BCUT2D eigenvalue weighted by Gasteiger charge is 2.18. The number of aromatic nitrogens is 1. The summed E-state index contributed by atoms with van der Waals surface area (Å²) in [7, 11) is 0. The van der Waals surface area contributed by atoms with Gasteiger partial charge in [-0.15, -0.1) is 11.3 Å². The smallest absolute Gasteiger partial charge is 0.0619 e. The predicted molar refractivity (Wildman–Crippen MR) is 262 cm³/mol. The molecule has 12 rings (SSSR count). The lowest BCUT2D eigenvalue weighted by molar-refractivity contribution is 1.19. The third kappa shape index (κ3) is 6.09. The fraction of sp³-hybridized carbons (Fsp3) is 0. The van der Waals surface area contributed by atoms with Crippen LogP contribution in [0.4, 0.5) is 17.1 Å². The van der Waals surface area contributed by atoms with Crippen LogP contribution in [0, 0.1) is 0 Å². The Morgan fingerprint density at radius 2 is 0.803 bits per heavy atom. The highest BCUT2D eigenvalue weighted by Crippen LogP contribution is 2.43. The van der Waals surface area contributed by atoms with Gasteiger partial charge in [0.25, 0.3) is 0 Å². The van der Waals surface area contributed by atoms with Crippen LogP contribution in [0.25, 0.3) is 91.8 Å². The first-order valence-electron chi connectivity index (χ1n) is 20.8. The lowest BCUT2D eigenvalue weighted by atomic mass is 10.00. The van der Waals surface area contributed by atoms with E-state index in [1.807, 2.05) is 11.3 Å². The van der Waals surface area contributed by atoms with Crippen LogP contribution in [0.15, 0.2) is 231 Å². The molecule has 0 saturated carbocycles. The van der Waals surface area contributed by atoms with Gasteiger partial charge in [-0.05, 0) is 99.4 Å². The first-order chi connectivity index (χ1) is 30.2. The summed E-state index contributed by atoms with van der Waals surface area (Å²) in [6, 6.07) is 84.1. The number of thiophene rings is 1. The lowest BCUT2D eigenvalue weighted by Crippen LogP contribution is -2.09. The van der Waals surface area contributed by atoms with Crippen molar-refractivity contribution in [2.45, 2.75) is 0 Å². The van der Waals surface area contributed by atoms with E-state index in [4.69, 9.17) is 0 Å². The number of rotatable bonds is 7. The van der Waals surface area contributed by atoms with E-state index in [9.17, 15) is 0 Å². The number of anilines is 3. The van der Waals surface area contributed by atoms with Crippen molar-refractivity contribution in [1.29, 1.82) is 0 Å². The molecule has 0 unspecified atom stereocenters. The molecule has 0 fully saturated rings. The average Bonchev–Trinajstić information content (AvgIpc) is 3.88. The van der Waals surface area contributed by atoms with E-state index in [1.54, 1.807) is 0 Å². The molecule has 2 heterocycles. The Morgan fingerprint density at radius 1 is 0.311 bits per heavy atom. The SMILES string of the molecule is c1ccc(-c2ccc(-c3ccc(N(c4ccc(-c5ccc6c7ccc8ccccc8c7n(-c7ccccc7)c6c5)cc4)c4ccc5c(c4)sc4ccccc45)cc3)cc2)cc1. The first-order valence-corrected chi connectivity index (χ1v) is 21.6. The second kappa shape index (κ2) is 14.5.